The molecule has 1 saturated carbocycles. The van der Waals surface area contributed by atoms with Gasteiger partial charge in [0.1, 0.15) is 17.3 Å². The van der Waals surface area contributed by atoms with Crippen molar-refractivity contribution in [3.05, 3.63) is 64.2 Å². The molecule has 1 unspecified atom stereocenters. The van der Waals surface area contributed by atoms with Gasteiger partial charge < -0.3 is 19.5 Å². The second-order valence-electron chi connectivity index (χ2n) is 9.22. The number of methoxy groups -OCH3 is 1. The number of benzene rings is 2. The maximum Gasteiger partial charge on any atom is 0.295 e. The molecule has 1 aliphatic carbocycles. The summed E-state index contributed by atoms with van der Waals surface area (Å²) in [5.41, 5.74) is 3.10. The zero-order valence-corrected chi connectivity index (χ0v) is 20.4. The number of carbonyl (C=O) groups excluding carboxylic acids is 2. The molecule has 180 valence electrons. The van der Waals surface area contributed by atoms with Crippen molar-refractivity contribution in [2.45, 2.75) is 65.0 Å². The van der Waals surface area contributed by atoms with Gasteiger partial charge in [0.2, 0.25) is 0 Å². The predicted octanol–water partition coefficient (Wildman–Crippen LogP) is 5.47. The SMILES string of the molecule is CCCOc1ccc(C2/C(=C(\O)c3cc(C)cc(C)c3OC)C(=O)C(=O)N2C2CCCC2)cc1. The van der Waals surface area contributed by atoms with Crippen LogP contribution in [0.4, 0.5) is 0 Å². The van der Waals surface area contributed by atoms with Gasteiger partial charge in [0, 0.05) is 6.04 Å². The molecule has 1 N–H and O–H groups in total. The molecule has 1 atom stereocenters. The van der Waals surface area contributed by atoms with E-state index in [-0.39, 0.29) is 17.4 Å². The minimum absolute atomic E-state index is 0.0242. The lowest BCUT2D eigenvalue weighted by atomic mass is 9.93. The molecule has 1 aliphatic heterocycles. The van der Waals surface area contributed by atoms with Crippen molar-refractivity contribution in [3.63, 3.8) is 0 Å². The highest BCUT2D eigenvalue weighted by atomic mass is 16.5. The van der Waals surface area contributed by atoms with E-state index in [0.29, 0.717) is 17.9 Å². The minimum atomic E-state index is -0.658. The van der Waals surface area contributed by atoms with Crippen LogP contribution in [0.1, 0.15) is 67.3 Å². The standard InChI is InChI=1S/C28H33NO5/c1-5-14-34-21-12-10-19(11-13-21)24-23(26(31)28(32)29(24)20-8-6-7-9-20)25(30)22-16-17(2)15-18(3)27(22)33-4/h10-13,15-16,20,24,30H,5-9,14H2,1-4H3/b25-23+. The molecule has 2 aromatic carbocycles. The number of nitrogens with zero attached hydrogens (tertiary/aromatic N) is 1. The van der Waals surface area contributed by atoms with Gasteiger partial charge >= 0.3 is 0 Å². The highest BCUT2D eigenvalue weighted by Crippen LogP contribution is 2.45. The van der Waals surface area contributed by atoms with Gasteiger partial charge in [-0.05, 0) is 68.0 Å². The number of likely N-dealkylation sites (tertiary alicyclic amines) is 1. The molecule has 0 bridgehead atoms. The van der Waals surface area contributed by atoms with E-state index in [1.165, 1.54) is 7.11 Å². The lowest BCUT2D eigenvalue weighted by Crippen LogP contribution is -2.37. The fourth-order valence-corrected chi connectivity index (χ4v) is 5.25. The van der Waals surface area contributed by atoms with Crippen LogP contribution in [-0.4, -0.2) is 41.5 Å². The summed E-state index contributed by atoms with van der Waals surface area (Å²) in [4.78, 5) is 28.4. The molecule has 2 aliphatic rings. The highest BCUT2D eigenvalue weighted by molar-refractivity contribution is 6.46. The first-order valence-corrected chi connectivity index (χ1v) is 12.1. The lowest BCUT2D eigenvalue weighted by Gasteiger charge is -2.31. The number of ketones is 1. The Morgan fingerprint density at radius 2 is 1.76 bits per heavy atom. The summed E-state index contributed by atoms with van der Waals surface area (Å²) in [6.07, 6.45) is 4.66. The average Bonchev–Trinajstić information content (AvgIpc) is 3.44. The van der Waals surface area contributed by atoms with Gasteiger partial charge in [0.25, 0.3) is 11.7 Å². The molecule has 2 fully saturated rings. The van der Waals surface area contributed by atoms with Crippen LogP contribution in [0, 0.1) is 13.8 Å². The van der Waals surface area contributed by atoms with Gasteiger partial charge in [-0.1, -0.05) is 38.0 Å². The fourth-order valence-electron chi connectivity index (χ4n) is 5.25. The molecule has 2 aromatic rings. The van der Waals surface area contributed by atoms with Gasteiger partial charge in [-0.3, -0.25) is 9.59 Å². The number of rotatable bonds is 7. The fraction of sp³-hybridized carbons (Fsp3) is 0.429. The molecule has 34 heavy (non-hydrogen) atoms. The van der Waals surface area contributed by atoms with Gasteiger partial charge in [-0.25, -0.2) is 0 Å². The van der Waals surface area contributed by atoms with Gasteiger partial charge in [-0.15, -0.1) is 0 Å². The normalized spacial score (nSPS) is 20.2. The summed E-state index contributed by atoms with van der Waals surface area (Å²) in [7, 11) is 1.54. The van der Waals surface area contributed by atoms with Gasteiger partial charge in [0.15, 0.2) is 0 Å². The highest BCUT2D eigenvalue weighted by Gasteiger charge is 2.49. The Morgan fingerprint density at radius 1 is 1.09 bits per heavy atom. The molecule has 6 nitrogen and oxygen atoms in total. The van der Waals surface area contributed by atoms with Gasteiger partial charge in [-0.2, -0.15) is 0 Å². The van der Waals surface area contributed by atoms with Crippen LogP contribution >= 0.6 is 0 Å². The molecule has 6 heteroatoms. The van der Waals surface area contributed by atoms with Crippen LogP contribution in [0.5, 0.6) is 11.5 Å². The Balaban J connectivity index is 1.87. The Morgan fingerprint density at radius 3 is 2.38 bits per heavy atom. The van der Waals surface area contributed by atoms with E-state index >= 15 is 0 Å². The number of Topliss-reactive ketones (excluding diaryl/α,β-unsaturated/α-hetero) is 1. The second kappa shape index (κ2) is 9.92. The number of carbonyl (C=O) groups is 2. The molecule has 0 radical (unpaired) electrons. The van der Waals surface area contributed by atoms with E-state index in [1.54, 1.807) is 11.0 Å². The summed E-state index contributed by atoms with van der Waals surface area (Å²) >= 11 is 0. The van der Waals surface area contributed by atoms with E-state index in [2.05, 4.69) is 0 Å². The third-order valence-corrected chi connectivity index (χ3v) is 6.75. The average molecular weight is 464 g/mol. The second-order valence-corrected chi connectivity index (χ2v) is 9.22. The molecular formula is C28H33NO5. The van der Waals surface area contributed by atoms with Crippen LogP contribution in [0.2, 0.25) is 0 Å². The first-order valence-electron chi connectivity index (χ1n) is 12.1. The maximum absolute atomic E-state index is 13.4. The Bertz CT molecular complexity index is 1110. The monoisotopic (exact) mass is 463 g/mol. The number of ether oxygens (including phenoxy) is 2. The Kier molecular flexibility index (Phi) is 6.96. The Labute approximate surface area is 201 Å². The van der Waals surface area contributed by atoms with Crippen molar-refractivity contribution in [3.8, 4) is 11.5 Å². The zero-order chi connectivity index (χ0) is 24.4. The molecule has 1 amide bonds. The smallest absolute Gasteiger partial charge is 0.295 e. The minimum Gasteiger partial charge on any atom is -0.507 e. The van der Waals surface area contributed by atoms with E-state index in [4.69, 9.17) is 9.47 Å². The van der Waals surface area contributed by atoms with E-state index in [9.17, 15) is 14.7 Å². The molecule has 1 saturated heterocycles. The van der Waals surface area contributed by atoms with Crippen molar-refractivity contribution < 1.29 is 24.2 Å². The lowest BCUT2D eigenvalue weighted by molar-refractivity contribution is -0.141. The van der Waals surface area contributed by atoms with Crippen LogP contribution in [0.25, 0.3) is 5.76 Å². The molecule has 1 heterocycles. The van der Waals surface area contributed by atoms with E-state index < -0.39 is 17.7 Å². The van der Waals surface area contributed by atoms with Crippen LogP contribution in [0.15, 0.2) is 42.0 Å². The number of amides is 1. The summed E-state index contributed by atoms with van der Waals surface area (Å²) in [5.74, 6) is -0.162. The molecule has 0 spiro atoms. The van der Waals surface area contributed by atoms with Crippen molar-refractivity contribution in [1.82, 2.24) is 4.90 Å². The van der Waals surface area contributed by atoms with Crippen molar-refractivity contribution in [2.75, 3.05) is 13.7 Å². The van der Waals surface area contributed by atoms with Crippen molar-refractivity contribution >= 4 is 17.4 Å². The third kappa shape index (κ3) is 4.29. The Hall–Kier alpha value is -3.28. The third-order valence-electron chi connectivity index (χ3n) is 6.75. The first kappa shape index (κ1) is 23.9. The van der Waals surface area contributed by atoms with E-state index in [1.807, 2.05) is 51.1 Å². The van der Waals surface area contributed by atoms with Crippen LogP contribution < -0.4 is 9.47 Å². The zero-order valence-electron chi connectivity index (χ0n) is 20.4. The first-order chi connectivity index (χ1) is 16.4. The number of aliphatic hydroxyl groups is 1. The number of hydrogen-bond donors (Lipinski definition) is 1. The summed E-state index contributed by atoms with van der Waals surface area (Å²) in [6.45, 7) is 6.48. The predicted molar refractivity (Wildman–Crippen MR) is 131 cm³/mol. The largest absolute Gasteiger partial charge is 0.507 e. The number of aryl methyl sites for hydroxylation is 2. The summed E-state index contributed by atoms with van der Waals surface area (Å²) < 4.78 is 11.3. The summed E-state index contributed by atoms with van der Waals surface area (Å²) in [5, 5.41) is 11.5. The quantitative estimate of drug-likeness (QED) is 0.335. The topological polar surface area (TPSA) is 76.1 Å². The van der Waals surface area contributed by atoms with E-state index in [0.717, 1.165) is 54.5 Å². The van der Waals surface area contributed by atoms with Gasteiger partial charge in [0.05, 0.1) is 30.9 Å². The maximum atomic E-state index is 13.4. The van der Waals surface area contributed by atoms with Crippen LogP contribution in [0.3, 0.4) is 0 Å². The van der Waals surface area contributed by atoms with Crippen molar-refractivity contribution in [2.24, 2.45) is 0 Å². The van der Waals surface area contributed by atoms with Crippen LogP contribution in [-0.2, 0) is 9.59 Å². The number of hydrogen-bond acceptors (Lipinski definition) is 5. The number of aliphatic hydroxyl groups excluding tert-OH is 1. The molecular weight excluding hydrogens is 430 g/mol. The van der Waals surface area contributed by atoms with Crippen molar-refractivity contribution in [1.29, 1.82) is 0 Å². The molecule has 0 aromatic heterocycles. The summed E-state index contributed by atoms with van der Waals surface area (Å²) in [6, 6.07) is 10.6. The molecule has 4 rings (SSSR count).